The zero-order valence-corrected chi connectivity index (χ0v) is 13.6. The van der Waals surface area contributed by atoms with Gasteiger partial charge >= 0.3 is 6.03 Å². The van der Waals surface area contributed by atoms with Gasteiger partial charge < -0.3 is 15.5 Å². The third-order valence-corrected chi connectivity index (χ3v) is 4.88. The summed E-state index contributed by atoms with van der Waals surface area (Å²) < 4.78 is 0. The Labute approximate surface area is 135 Å². The molecule has 2 amide bonds. The molecule has 2 heterocycles. The SMILES string of the molecule is Cc1c(NC(=O)NCc2cccs2)cccc1N1CCCC1. The van der Waals surface area contributed by atoms with Crippen LogP contribution in [0.2, 0.25) is 0 Å². The first kappa shape index (κ1) is 14.9. The van der Waals surface area contributed by atoms with E-state index in [0.29, 0.717) is 6.54 Å². The molecular weight excluding hydrogens is 294 g/mol. The second kappa shape index (κ2) is 6.83. The lowest BCUT2D eigenvalue weighted by Gasteiger charge is -2.22. The molecule has 0 radical (unpaired) electrons. The number of rotatable bonds is 4. The highest BCUT2D eigenvalue weighted by atomic mass is 32.1. The van der Waals surface area contributed by atoms with Crippen molar-refractivity contribution in [2.75, 3.05) is 23.3 Å². The number of carbonyl (C=O) groups is 1. The van der Waals surface area contributed by atoms with Crippen molar-refractivity contribution in [3.05, 3.63) is 46.2 Å². The van der Waals surface area contributed by atoms with E-state index in [0.717, 1.165) is 29.2 Å². The van der Waals surface area contributed by atoms with Gasteiger partial charge in [-0.15, -0.1) is 11.3 Å². The second-order valence-corrected chi connectivity index (χ2v) is 6.56. The first-order valence-electron chi connectivity index (χ1n) is 7.66. The average Bonchev–Trinajstić information content (AvgIpc) is 3.20. The zero-order valence-electron chi connectivity index (χ0n) is 12.8. The lowest BCUT2D eigenvalue weighted by Crippen LogP contribution is -2.28. The summed E-state index contributed by atoms with van der Waals surface area (Å²) in [7, 11) is 0. The molecule has 1 aromatic carbocycles. The summed E-state index contributed by atoms with van der Waals surface area (Å²) in [4.78, 5) is 15.6. The average molecular weight is 315 g/mol. The number of urea groups is 1. The van der Waals surface area contributed by atoms with Gasteiger partial charge in [0.25, 0.3) is 0 Å². The van der Waals surface area contributed by atoms with E-state index in [2.05, 4.69) is 28.5 Å². The molecular formula is C17H21N3OS. The standard InChI is InChI=1S/C17H21N3OS/c1-13-15(7-4-8-16(13)20-9-2-3-10-20)19-17(21)18-12-14-6-5-11-22-14/h4-8,11H,2-3,9-10,12H2,1H3,(H2,18,19,21). The maximum atomic E-state index is 12.1. The maximum absolute atomic E-state index is 12.1. The largest absolute Gasteiger partial charge is 0.371 e. The number of hydrogen-bond donors (Lipinski definition) is 2. The number of nitrogens with one attached hydrogen (secondary N) is 2. The molecule has 1 saturated heterocycles. The molecule has 1 aliphatic heterocycles. The maximum Gasteiger partial charge on any atom is 0.319 e. The van der Waals surface area contributed by atoms with Crippen LogP contribution in [0.15, 0.2) is 35.7 Å². The highest BCUT2D eigenvalue weighted by Gasteiger charge is 2.16. The molecule has 0 unspecified atom stereocenters. The highest BCUT2D eigenvalue weighted by molar-refractivity contribution is 7.09. The fourth-order valence-electron chi connectivity index (χ4n) is 2.81. The van der Waals surface area contributed by atoms with Gasteiger partial charge in [-0.2, -0.15) is 0 Å². The third kappa shape index (κ3) is 3.42. The van der Waals surface area contributed by atoms with E-state index in [-0.39, 0.29) is 6.03 Å². The molecule has 2 aromatic rings. The first-order chi connectivity index (χ1) is 10.7. The number of benzene rings is 1. The monoisotopic (exact) mass is 315 g/mol. The van der Waals surface area contributed by atoms with E-state index >= 15 is 0 Å². The molecule has 0 saturated carbocycles. The van der Waals surface area contributed by atoms with Gasteiger partial charge in [0.05, 0.1) is 6.54 Å². The van der Waals surface area contributed by atoms with Crippen molar-refractivity contribution >= 4 is 28.7 Å². The van der Waals surface area contributed by atoms with Crippen molar-refractivity contribution in [3.63, 3.8) is 0 Å². The van der Waals surface area contributed by atoms with Crippen LogP contribution in [-0.4, -0.2) is 19.1 Å². The van der Waals surface area contributed by atoms with Crippen LogP contribution < -0.4 is 15.5 Å². The van der Waals surface area contributed by atoms with Crippen LogP contribution in [0, 0.1) is 6.92 Å². The van der Waals surface area contributed by atoms with Crippen LogP contribution in [0.5, 0.6) is 0 Å². The van der Waals surface area contributed by atoms with Crippen molar-refractivity contribution in [1.29, 1.82) is 0 Å². The van der Waals surface area contributed by atoms with E-state index in [9.17, 15) is 4.79 Å². The summed E-state index contributed by atoms with van der Waals surface area (Å²) in [5.74, 6) is 0. The summed E-state index contributed by atoms with van der Waals surface area (Å²) in [5.41, 5.74) is 3.25. The fourth-order valence-corrected chi connectivity index (χ4v) is 3.45. The number of carbonyl (C=O) groups excluding carboxylic acids is 1. The Bertz CT molecular complexity index is 633. The van der Waals surface area contributed by atoms with E-state index < -0.39 is 0 Å². The molecule has 1 aliphatic rings. The minimum Gasteiger partial charge on any atom is -0.371 e. The van der Waals surface area contributed by atoms with Crippen molar-refractivity contribution in [2.45, 2.75) is 26.3 Å². The van der Waals surface area contributed by atoms with Crippen molar-refractivity contribution < 1.29 is 4.79 Å². The predicted molar refractivity (Wildman–Crippen MR) is 92.8 cm³/mol. The first-order valence-corrected chi connectivity index (χ1v) is 8.54. The van der Waals surface area contributed by atoms with Crippen LogP contribution in [0.25, 0.3) is 0 Å². The molecule has 2 N–H and O–H groups in total. The molecule has 1 fully saturated rings. The Hall–Kier alpha value is -2.01. The van der Waals surface area contributed by atoms with Gasteiger partial charge in [0.15, 0.2) is 0 Å². The van der Waals surface area contributed by atoms with Crippen molar-refractivity contribution in [2.24, 2.45) is 0 Å². The van der Waals surface area contributed by atoms with Crippen LogP contribution in [-0.2, 0) is 6.54 Å². The highest BCUT2D eigenvalue weighted by Crippen LogP contribution is 2.29. The quantitative estimate of drug-likeness (QED) is 0.896. The number of anilines is 2. The Morgan fingerprint density at radius 2 is 2.05 bits per heavy atom. The van der Waals surface area contributed by atoms with E-state index in [1.807, 2.05) is 29.6 Å². The number of nitrogens with zero attached hydrogens (tertiary/aromatic N) is 1. The number of amides is 2. The molecule has 116 valence electrons. The van der Waals surface area contributed by atoms with E-state index in [1.54, 1.807) is 11.3 Å². The Balaban J connectivity index is 1.64. The third-order valence-electron chi connectivity index (χ3n) is 4.00. The Morgan fingerprint density at radius 3 is 2.77 bits per heavy atom. The van der Waals surface area contributed by atoms with Gasteiger partial charge in [-0.1, -0.05) is 12.1 Å². The number of thiophene rings is 1. The van der Waals surface area contributed by atoms with Gasteiger partial charge in [0.2, 0.25) is 0 Å². The van der Waals surface area contributed by atoms with Crippen LogP contribution in [0.3, 0.4) is 0 Å². The van der Waals surface area contributed by atoms with Crippen molar-refractivity contribution in [1.82, 2.24) is 5.32 Å². The molecule has 4 nitrogen and oxygen atoms in total. The van der Waals surface area contributed by atoms with Crippen LogP contribution >= 0.6 is 11.3 Å². The van der Waals surface area contributed by atoms with Gasteiger partial charge in [0.1, 0.15) is 0 Å². The summed E-state index contributed by atoms with van der Waals surface area (Å²) in [6, 6.07) is 9.95. The topological polar surface area (TPSA) is 44.4 Å². The summed E-state index contributed by atoms with van der Waals surface area (Å²) in [6.45, 7) is 4.85. The smallest absolute Gasteiger partial charge is 0.319 e. The summed E-state index contributed by atoms with van der Waals surface area (Å²) in [6.07, 6.45) is 2.50. The molecule has 1 aromatic heterocycles. The Morgan fingerprint density at radius 1 is 1.23 bits per heavy atom. The lowest BCUT2D eigenvalue weighted by molar-refractivity contribution is 0.252. The molecule has 0 bridgehead atoms. The molecule has 0 spiro atoms. The molecule has 0 atom stereocenters. The summed E-state index contributed by atoms with van der Waals surface area (Å²) >= 11 is 1.64. The molecule has 5 heteroatoms. The molecule has 22 heavy (non-hydrogen) atoms. The van der Waals surface area contributed by atoms with Crippen LogP contribution in [0.1, 0.15) is 23.3 Å². The Kier molecular flexibility index (Phi) is 4.63. The molecule has 3 rings (SSSR count). The fraction of sp³-hybridized carbons (Fsp3) is 0.353. The van der Waals surface area contributed by atoms with Gasteiger partial charge in [-0.25, -0.2) is 4.79 Å². The van der Waals surface area contributed by atoms with Crippen LogP contribution in [0.4, 0.5) is 16.2 Å². The minimum atomic E-state index is -0.157. The van der Waals surface area contributed by atoms with Gasteiger partial charge in [0, 0.05) is 29.3 Å². The van der Waals surface area contributed by atoms with Crippen molar-refractivity contribution in [3.8, 4) is 0 Å². The normalized spacial score (nSPS) is 14.1. The van der Waals surface area contributed by atoms with Gasteiger partial charge in [-0.3, -0.25) is 0 Å². The minimum absolute atomic E-state index is 0.157. The van der Waals surface area contributed by atoms with Gasteiger partial charge in [-0.05, 0) is 48.9 Å². The zero-order chi connectivity index (χ0) is 15.4. The predicted octanol–water partition coefficient (Wildman–Crippen LogP) is 3.98. The van der Waals surface area contributed by atoms with E-state index in [4.69, 9.17) is 0 Å². The molecule has 0 aliphatic carbocycles. The van der Waals surface area contributed by atoms with E-state index in [1.165, 1.54) is 18.5 Å². The summed E-state index contributed by atoms with van der Waals surface area (Å²) in [5, 5.41) is 7.87. The lowest BCUT2D eigenvalue weighted by atomic mass is 10.1. The second-order valence-electron chi connectivity index (χ2n) is 5.53. The number of hydrogen-bond acceptors (Lipinski definition) is 3.